The van der Waals surface area contributed by atoms with E-state index in [1.807, 2.05) is 18.4 Å². The molecule has 0 aliphatic rings. The van der Waals surface area contributed by atoms with Crippen LogP contribution in [0, 0.1) is 0 Å². The molecule has 0 aromatic carbocycles. The molecule has 0 aliphatic heterocycles. The van der Waals surface area contributed by atoms with Gasteiger partial charge in [-0.2, -0.15) is 0 Å². The average molecular weight is 350 g/mol. The highest BCUT2D eigenvalue weighted by atomic mass is 79.9. The zero-order chi connectivity index (χ0) is 13.6. The number of hydrogen-bond acceptors (Lipinski definition) is 4. The van der Waals surface area contributed by atoms with Crippen molar-refractivity contribution in [3.05, 3.63) is 16.7 Å². The van der Waals surface area contributed by atoms with E-state index in [1.165, 1.54) is 0 Å². The summed E-state index contributed by atoms with van der Waals surface area (Å²) in [5.41, 5.74) is 0. The number of pyridine rings is 1. The number of hydrogen-bond donors (Lipinski definition) is 0. The van der Waals surface area contributed by atoms with Crippen LogP contribution in [0.15, 0.2) is 21.8 Å². The highest BCUT2D eigenvalue weighted by molar-refractivity contribution is 9.10. The molecule has 3 nitrogen and oxygen atoms in total. The van der Waals surface area contributed by atoms with Crippen LogP contribution in [0.1, 0.15) is 0 Å². The van der Waals surface area contributed by atoms with Gasteiger partial charge in [-0.3, -0.25) is 0 Å². The Kier molecular flexibility index (Phi) is 6.69. The Hall–Kier alpha value is -0.0431. The Morgan fingerprint density at radius 1 is 1.33 bits per heavy atom. The summed E-state index contributed by atoms with van der Waals surface area (Å²) in [7, 11) is -1.01. The van der Waals surface area contributed by atoms with E-state index in [2.05, 4.69) is 40.6 Å². The molecule has 0 amide bonds. The van der Waals surface area contributed by atoms with Gasteiger partial charge < -0.3 is 9.47 Å². The van der Waals surface area contributed by atoms with Gasteiger partial charge in [0.1, 0.15) is 15.4 Å². The highest BCUT2D eigenvalue weighted by Gasteiger charge is 2.12. The van der Waals surface area contributed by atoms with Gasteiger partial charge in [-0.1, -0.05) is 19.6 Å². The first-order valence-electron chi connectivity index (χ1n) is 5.83. The Bertz CT molecular complexity index is 385. The van der Waals surface area contributed by atoms with Crippen molar-refractivity contribution in [3.63, 3.8) is 0 Å². The predicted octanol–water partition coefficient (Wildman–Crippen LogP) is 4.26. The molecule has 0 atom stereocenters. The number of ether oxygens (including phenoxy) is 2. The maximum Gasteiger partial charge on any atom is 0.189 e. The van der Waals surface area contributed by atoms with Gasteiger partial charge in [-0.05, 0) is 28.2 Å². The lowest BCUT2D eigenvalue weighted by atomic mass is 10.5. The second-order valence-corrected chi connectivity index (χ2v) is 12.4. The summed E-state index contributed by atoms with van der Waals surface area (Å²) in [5, 5.41) is 0.932. The van der Waals surface area contributed by atoms with Gasteiger partial charge in [0.15, 0.2) is 6.79 Å². The Balaban J connectivity index is 2.33. The Morgan fingerprint density at radius 3 is 2.67 bits per heavy atom. The quantitative estimate of drug-likeness (QED) is 0.242. The summed E-state index contributed by atoms with van der Waals surface area (Å²) in [6, 6.07) is 4.92. The van der Waals surface area contributed by atoms with Gasteiger partial charge in [-0.15, -0.1) is 11.8 Å². The van der Waals surface area contributed by atoms with E-state index >= 15 is 0 Å². The summed E-state index contributed by atoms with van der Waals surface area (Å²) >= 11 is 4.95. The molecule has 0 unspecified atom stereocenters. The smallest absolute Gasteiger partial charge is 0.189 e. The van der Waals surface area contributed by atoms with Crippen molar-refractivity contribution in [2.24, 2.45) is 0 Å². The minimum absolute atomic E-state index is 0.300. The molecule has 0 spiro atoms. The fourth-order valence-electron chi connectivity index (χ4n) is 1.19. The zero-order valence-corrected chi connectivity index (χ0v) is 14.7. The Labute approximate surface area is 123 Å². The van der Waals surface area contributed by atoms with Crippen molar-refractivity contribution in [3.8, 4) is 5.75 Å². The van der Waals surface area contributed by atoms with Crippen molar-refractivity contribution in [2.75, 3.05) is 19.7 Å². The molecule has 0 fully saturated rings. The molecule has 1 heterocycles. The number of nitrogens with zero attached hydrogens (tertiary/aromatic N) is 1. The summed E-state index contributed by atoms with van der Waals surface area (Å²) in [5.74, 6) is 0.786. The standard InChI is InChI=1S/C12H20BrNO2SSi/c1-17-12-8-10(7-11(13)14-12)16-9-15-5-6-18(2,3)4/h7-8H,5-6,9H2,1-4H3. The molecule has 1 aromatic rings. The molecule has 0 N–H and O–H groups in total. The molecule has 1 rings (SSSR count). The minimum Gasteiger partial charge on any atom is -0.467 e. The fraction of sp³-hybridized carbons (Fsp3) is 0.583. The third-order valence-corrected chi connectivity index (χ3v) is 5.00. The first-order valence-corrected chi connectivity index (χ1v) is 11.6. The predicted molar refractivity (Wildman–Crippen MR) is 83.3 cm³/mol. The Morgan fingerprint density at radius 2 is 2.06 bits per heavy atom. The van der Waals surface area contributed by atoms with Crippen molar-refractivity contribution >= 4 is 35.8 Å². The second-order valence-electron chi connectivity index (χ2n) is 5.15. The average Bonchev–Trinajstić information content (AvgIpc) is 2.26. The third kappa shape index (κ3) is 6.77. The van der Waals surface area contributed by atoms with Crippen LogP contribution in [0.3, 0.4) is 0 Å². The van der Waals surface area contributed by atoms with Gasteiger partial charge in [0.25, 0.3) is 0 Å². The maximum atomic E-state index is 5.55. The summed E-state index contributed by atoms with van der Waals surface area (Å²) in [6.45, 7) is 8.08. The third-order valence-electron chi connectivity index (χ3n) is 2.26. The van der Waals surface area contributed by atoms with E-state index < -0.39 is 8.07 Å². The van der Waals surface area contributed by atoms with Gasteiger partial charge in [-0.25, -0.2) is 4.98 Å². The van der Waals surface area contributed by atoms with Crippen LogP contribution >= 0.6 is 27.7 Å². The summed E-state index contributed by atoms with van der Waals surface area (Å²) < 4.78 is 11.8. The monoisotopic (exact) mass is 349 g/mol. The largest absolute Gasteiger partial charge is 0.467 e. The maximum absolute atomic E-state index is 5.55. The van der Waals surface area contributed by atoms with E-state index in [9.17, 15) is 0 Å². The van der Waals surface area contributed by atoms with Crippen LogP contribution in [0.25, 0.3) is 0 Å². The van der Waals surface area contributed by atoms with E-state index in [0.29, 0.717) is 6.79 Å². The molecule has 0 bridgehead atoms. The van der Waals surface area contributed by atoms with Crippen LogP contribution in [0.2, 0.25) is 25.7 Å². The molecule has 1 aromatic heterocycles. The van der Waals surface area contributed by atoms with Gasteiger partial charge in [0, 0.05) is 26.8 Å². The molecule has 0 saturated heterocycles. The van der Waals surface area contributed by atoms with Crippen LogP contribution in [-0.4, -0.2) is 32.7 Å². The fourth-order valence-corrected chi connectivity index (χ4v) is 2.90. The van der Waals surface area contributed by atoms with Crippen LogP contribution < -0.4 is 4.74 Å². The first kappa shape index (κ1) is 16.0. The van der Waals surface area contributed by atoms with Crippen molar-refractivity contribution in [2.45, 2.75) is 30.7 Å². The molecular formula is C12H20BrNO2SSi. The number of aromatic nitrogens is 1. The number of halogens is 1. The second kappa shape index (κ2) is 7.52. The lowest BCUT2D eigenvalue weighted by Gasteiger charge is -2.15. The topological polar surface area (TPSA) is 31.4 Å². The van der Waals surface area contributed by atoms with E-state index in [4.69, 9.17) is 9.47 Å². The molecule has 6 heteroatoms. The molecule has 0 saturated carbocycles. The lowest BCUT2D eigenvalue weighted by molar-refractivity contribution is 0.0218. The first-order chi connectivity index (χ1) is 8.40. The molecular weight excluding hydrogens is 330 g/mol. The highest BCUT2D eigenvalue weighted by Crippen LogP contribution is 2.23. The SMILES string of the molecule is CSc1cc(OCOCC[Si](C)(C)C)cc(Br)n1. The molecule has 102 valence electrons. The van der Waals surface area contributed by atoms with Gasteiger partial charge >= 0.3 is 0 Å². The lowest BCUT2D eigenvalue weighted by Crippen LogP contribution is -2.22. The zero-order valence-electron chi connectivity index (χ0n) is 11.3. The normalized spacial score (nSPS) is 11.6. The minimum atomic E-state index is -1.01. The van der Waals surface area contributed by atoms with Crippen molar-refractivity contribution < 1.29 is 9.47 Å². The van der Waals surface area contributed by atoms with E-state index in [0.717, 1.165) is 28.0 Å². The molecule has 18 heavy (non-hydrogen) atoms. The number of rotatable bonds is 7. The van der Waals surface area contributed by atoms with Crippen LogP contribution in [0.4, 0.5) is 0 Å². The summed E-state index contributed by atoms with van der Waals surface area (Å²) in [4.78, 5) is 4.29. The van der Waals surface area contributed by atoms with Crippen LogP contribution in [-0.2, 0) is 4.74 Å². The van der Waals surface area contributed by atoms with Crippen LogP contribution in [0.5, 0.6) is 5.75 Å². The van der Waals surface area contributed by atoms with Gasteiger partial charge in [0.05, 0.1) is 0 Å². The molecule has 0 radical (unpaired) electrons. The summed E-state index contributed by atoms with van der Waals surface area (Å²) in [6.07, 6.45) is 1.99. The van der Waals surface area contributed by atoms with Gasteiger partial charge in [0.2, 0.25) is 0 Å². The molecule has 0 aliphatic carbocycles. The van der Waals surface area contributed by atoms with Crippen molar-refractivity contribution in [1.82, 2.24) is 4.98 Å². The van der Waals surface area contributed by atoms with Crippen molar-refractivity contribution in [1.29, 1.82) is 0 Å². The van der Waals surface area contributed by atoms with E-state index in [1.54, 1.807) is 11.8 Å². The number of thioether (sulfide) groups is 1. The van der Waals surface area contributed by atoms with E-state index in [-0.39, 0.29) is 0 Å².